The summed E-state index contributed by atoms with van der Waals surface area (Å²) in [7, 11) is 0. The maximum absolute atomic E-state index is 11.9. The van der Waals surface area contributed by atoms with Crippen molar-refractivity contribution in [3.8, 4) is 0 Å². The summed E-state index contributed by atoms with van der Waals surface area (Å²) in [6.45, 7) is 1.65. The first-order chi connectivity index (χ1) is 8.71. The van der Waals surface area contributed by atoms with Crippen LogP contribution in [-0.2, 0) is 0 Å². The molecular formula is C10H6Cl3N3O3. The molecule has 0 fully saturated rings. The first-order valence-electron chi connectivity index (χ1n) is 4.97. The number of rotatable bonds is 1. The van der Waals surface area contributed by atoms with Crippen LogP contribution in [0, 0.1) is 17.0 Å². The number of non-ortho nitro benzene ring substituents is 1. The predicted octanol–water partition coefficient (Wildman–Crippen LogP) is 3.26. The van der Waals surface area contributed by atoms with Gasteiger partial charge in [-0.25, -0.2) is 0 Å². The molecule has 9 heteroatoms. The van der Waals surface area contributed by atoms with Crippen LogP contribution in [0.15, 0.2) is 18.2 Å². The van der Waals surface area contributed by atoms with Crippen LogP contribution in [0.2, 0.25) is 0 Å². The number of nitro groups is 1. The number of benzene rings is 1. The Bertz CT molecular complexity index is 690. The Labute approximate surface area is 122 Å². The zero-order valence-corrected chi connectivity index (χ0v) is 11.7. The van der Waals surface area contributed by atoms with Gasteiger partial charge in [-0.05, 0) is 13.0 Å². The van der Waals surface area contributed by atoms with Crippen LogP contribution < -0.4 is 0 Å². The third-order valence-corrected chi connectivity index (χ3v) is 2.98. The minimum atomic E-state index is -2.18. The van der Waals surface area contributed by atoms with Crippen molar-refractivity contribution in [2.45, 2.75) is 10.7 Å². The summed E-state index contributed by atoms with van der Waals surface area (Å²) in [5.74, 6) is -0.893. The van der Waals surface area contributed by atoms with Crippen LogP contribution in [0.5, 0.6) is 0 Å². The standard InChI is InChI=1S/C10H6Cl3N3O3/c1-5-7-3-2-6(16(18)19)4-8(7)15(14-5)9(17)10(11,12)13/h2-4H,1H3. The highest BCUT2D eigenvalue weighted by Gasteiger charge is 2.34. The van der Waals surface area contributed by atoms with Crippen molar-refractivity contribution in [1.29, 1.82) is 0 Å². The van der Waals surface area contributed by atoms with Gasteiger partial charge in [-0.15, -0.1) is 0 Å². The van der Waals surface area contributed by atoms with Gasteiger partial charge in [0.25, 0.3) is 15.4 Å². The van der Waals surface area contributed by atoms with Crippen LogP contribution in [0.25, 0.3) is 10.9 Å². The molecule has 2 rings (SSSR count). The number of carbonyl (C=O) groups excluding carboxylic acids is 1. The van der Waals surface area contributed by atoms with Crippen LogP contribution in [0.1, 0.15) is 10.5 Å². The molecule has 0 N–H and O–H groups in total. The van der Waals surface area contributed by atoms with E-state index in [9.17, 15) is 14.9 Å². The molecule has 1 heterocycles. The van der Waals surface area contributed by atoms with E-state index in [-0.39, 0.29) is 11.2 Å². The molecule has 0 bridgehead atoms. The molecule has 1 aromatic heterocycles. The van der Waals surface area contributed by atoms with Gasteiger partial charge in [0.05, 0.1) is 16.1 Å². The monoisotopic (exact) mass is 321 g/mol. The van der Waals surface area contributed by atoms with Gasteiger partial charge >= 0.3 is 0 Å². The number of alkyl halides is 3. The fourth-order valence-electron chi connectivity index (χ4n) is 1.65. The highest BCUT2D eigenvalue weighted by molar-refractivity contribution is 6.76. The van der Waals surface area contributed by atoms with Gasteiger partial charge in [0.1, 0.15) is 0 Å². The van der Waals surface area contributed by atoms with Gasteiger partial charge in [0, 0.05) is 17.5 Å². The van der Waals surface area contributed by atoms with Crippen molar-refractivity contribution in [2.24, 2.45) is 0 Å². The summed E-state index contributed by atoms with van der Waals surface area (Å²) in [6.07, 6.45) is 0. The molecule has 0 unspecified atom stereocenters. The second-order valence-corrected chi connectivity index (χ2v) is 6.04. The molecule has 0 saturated carbocycles. The first-order valence-corrected chi connectivity index (χ1v) is 6.10. The van der Waals surface area contributed by atoms with E-state index in [1.54, 1.807) is 6.92 Å². The number of hydrogen-bond acceptors (Lipinski definition) is 4. The molecule has 0 aliphatic heterocycles. The number of hydrogen-bond donors (Lipinski definition) is 0. The number of fused-ring (bicyclic) bond motifs is 1. The second kappa shape index (κ2) is 4.63. The molecule has 19 heavy (non-hydrogen) atoms. The molecule has 6 nitrogen and oxygen atoms in total. The van der Waals surface area contributed by atoms with E-state index >= 15 is 0 Å². The van der Waals surface area contributed by atoms with E-state index in [1.165, 1.54) is 18.2 Å². The van der Waals surface area contributed by atoms with E-state index in [0.717, 1.165) is 4.68 Å². The highest BCUT2D eigenvalue weighted by atomic mass is 35.6. The topological polar surface area (TPSA) is 78.0 Å². The average molecular weight is 323 g/mol. The molecule has 0 spiro atoms. The first kappa shape index (κ1) is 14.0. The fraction of sp³-hybridized carbons (Fsp3) is 0.200. The maximum Gasteiger partial charge on any atom is 0.299 e. The van der Waals surface area contributed by atoms with Crippen LogP contribution in [-0.4, -0.2) is 24.4 Å². The van der Waals surface area contributed by atoms with E-state index in [0.29, 0.717) is 11.1 Å². The third kappa shape index (κ3) is 2.51. The molecule has 0 atom stereocenters. The number of nitro benzene ring substituents is 1. The van der Waals surface area contributed by atoms with Crippen molar-refractivity contribution in [2.75, 3.05) is 0 Å². The molecule has 0 radical (unpaired) electrons. The Morgan fingerprint density at radius 2 is 2.05 bits per heavy atom. The normalized spacial score (nSPS) is 11.8. The maximum atomic E-state index is 11.9. The zero-order chi connectivity index (χ0) is 14.4. The molecule has 0 saturated heterocycles. The lowest BCUT2D eigenvalue weighted by atomic mass is 10.2. The van der Waals surface area contributed by atoms with Gasteiger partial charge in [-0.2, -0.15) is 9.78 Å². The van der Waals surface area contributed by atoms with Gasteiger partial charge in [0.15, 0.2) is 0 Å². The van der Waals surface area contributed by atoms with Crippen molar-refractivity contribution in [1.82, 2.24) is 9.78 Å². The summed E-state index contributed by atoms with van der Waals surface area (Å²) < 4.78 is -1.32. The van der Waals surface area contributed by atoms with Crippen LogP contribution in [0.4, 0.5) is 5.69 Å². The molecular weight excluding hydrogens is 316 g/mol. The lowest BCUT2D eigenvalue weighted by Gasteiger charge is -2.09. The molecule has 2 aromatic rings. The summed E-state index contributed by atoms with van der Waals surface area (Å²) in [5, 5.41) is 15.3. The Balaban J connectivity index is 2.71. The number of carbonyl (C=O) groups is 1. The Morgan fingerprint density at radius 3 is 2.58 bits per heavy atom. The fourth-order valence-corrected chi connectivity index (χ4v) is 1.89. The van der Waals surface area contributed by atoms with Gasteiger partial charge in [-0.3, -0.25) is 14.9 Å². The van der Waals surface area contributed by atoms with Crippen molar-refractivity contribution in [3.05, 3.63) is 34.0 Å². The zero-order valence-electron chi connectivity index (χ0n) is 9.43. The molecule has 0 aliphatic carbocycles. The van der Waals surface area contributed by atoms with Crippen molar-refractivity contribution < 1.29 is 9.72 Å². The average Bonchev–Trinajstić information content (AvgIpc) is 2.64. The van der Waals surface area contributed by atoms with Gasteiger partial charge < -0.3 is 0 Å². The summed E-state index contributed by atoms with van der Waals surface area (Å²) in [5.41, 5.74) is 0.557. The summed E-state index contributed by atoms with van der Waals surface area (Å²) in [4.78, 5) is 22.1. The van der Waals surface area contributed by atoms with E-state index in [2.05, 4.69) is 5.10 Å². The van der Waals surface area contributed by atoms with Gasteiger partial charge in [-0.1, -0.05) is 34.8 Å². The Kier molecular flexibility index (Phi) is 3.42. The van der Waals surface area contributed by atoms with E-state index in [1.807, 2.05) is 0 Å². The van der Waals surface area contributed by atoms with Crippen molar-refractivity contribution >= 4 is 57.3 Å². The quantitative estimate of drug-likeness (QED) is 0.458. The molecule has 0 amide bonds. The molecule has 100 valence electrons. The Hall–Kier alpha value is -1.37. The highest BCUT2D eigenvalue weighted by Crippen LogP contribution is 2.31. The van der Waals surface area contributed by atoms with E-state index < -0.39 is 14.6 Å². The molecule has 1 aromatic carbocycles. The SMILES string of the molecule is Cc1nn(C(=O)C(Cl)(Cl)Cl)c2cc([N+](=O)[O-])ccc12. The second-order valence-electron chi connectivity index (χ2n) is 3.76. The van der Waals surface area contributed by atoms with Crippen LogP contribution in [0.3, 0.4) is 0 Å². The minimum absolute atomic E-state index is 0.175. The minimum Gasteiger partial charge on any atom is -0.268 e. The number of halogens is 3. The van der Waals surface area contributed by atoms with Crippen LogP contribution >= 0.6 is 34.8 Å². The Morgan fingerprint density at radius 1 is 1.42 bits per heavy atom. The van der Waals surface area contributed by atoms with Gasteiger partial charge in [0.2, 0.25) is 0 Å². The number of aromatic nitrogens is 2. The molecule has 0 aliphatic rings. The smallest absolute Gasteiger partial charge is 0.268 e. The predicted molar refractivity (Wildman–Crippen MR) is 72.0 cm³/mol. The summed E-state index contributed by atoms with van der Waals surface area (Å²) >= 11 is 16.6. The lowest BCUT2D eigenvalue weighted by Crippen LogP contribution is -2.27. The van der Waals surface area contributed by atoms with Crippen molar-refractivity contribution in [3.63, 3.8) is 0 Å². The summed E-state index contributed by atoms with van der Waals surface area (Å²) in [6, 6.07) is 4.03. The number of aryl methyl sites for hydroxylation is 1. The third-order valence-electron chi connectivity index (χ3n) is 2.49. The van der Waals surface area contributed by atoms with E-state index in [4.69, 9.17) is 34.8 Å². The largest absolute Gasteiger partial charge is 0.299 e. The number of nitrogens with zero attached hydrogens (tertiary/aromatic N) is 3. The lowest BCUT2D eigenvalue weighted by molar-refractivity contribution is -0.384.